The van der Waals surface area contributed by atoms with Gasteiger partial charge in [-0.15, -0.1) is 6.58 Å². The highest BCUT2D eigenvalue weighted by Gasteiger charge is 2.05. The fourth-order valence-corrected chi connectivity index (χ4v) is 1.33. The van der Waals surface area contributed by atoms with Gasteiger partial charge in [-0.3, -0.25) is 9.78 Å². The Bertz CT molecular complexity index is 377. The zero-order valence-corrected chi connectivity index (χ0v) is 10.2. The number of amides is 1. The topological polar surface area (TPSA) is 54.0 Å². The first kappa shape index (κ1) is 13.2. The summed E-state index contributed by atoms with van der Waals surface area (Å²) in [7, 11) is 0. The van der Waals surface area contributed by atoms with Crippen molar-refractivity contribution in [2.24, 2.45) is 0 Å². The van der Waals surface area contributed by atoms with Crippen LogP contribution in [0.1, 0.15) is 30.3 Å². The molecule has 0 aromatic carbocycles. The molecule has 17 heavy (non-hydrogen) atoms. The summed E-state index contributed by atoms with van der Waals surface area (Å²) in [6.45, 7) is 7.05. The number of anilines is 1. The molecule has 0 spiro atoms. The van der Waals surface area contributed by atoms with E-state index in [1.165, 1.54) is 0 Å². The van der Waals surface area contributed by atoms with Crippen molar-refractivity contribution in [1.29, 1.82) is 0 Å². The molecule has 1 aromatic heterocycles. The van der Waals surface area contributed by atoms with Crippen LogP contribution >= 0.6 is 0 Å². The van der Waals surface area contributed by atoms with Crippen LogP contribution in [0.25, 0.3) is 0 Å². The van der Waals surface area contributed by atoms with E-state index in [1.807, 2.05) is 6.07 Å². The summed E-state index contributed by atoms with van der Waals surface area (Å²) in [5.74, 6) is -0.177. The Labute approximate surface area is 102 Å². The van der Waals surface area contributed by atoms with Crippen molar-refractivity contribution in [2.75, 3.05) is 18.4 Å². The van der Waals surface area contributed by atoms with E-state index < -0.39 is 0 Å². The summed E-state index contributed by atoms with van der Waals surface area (Å²) < 4.78 is 0. The lowest BCUT2D eigenvalue weighted by atomic mass is 10.3. The molecule has 0 atom stereocenters. The standard InChI is InChI=1S/C13H19N3O/c1-3-5-8-14-11-6-9-15-12(10-11)13(17)16-7-4-2/h4,6,9-10H,2-3,5,7-8H2,1H3,(H,14,15)(H,16,17). The predicted molar refractivity (Wildman–Crippen MR) is 70.2 cm³/mol. The molecule has 1 aromatic rings. The summed E-state index contributed by atoms with van der Waals surface area (Å²) >= 11 is 0. The van der Waals surface area contributed by atoms with Gasteiger partial charge in [-0.05, 0) is 18.6 Å². The zero-order valence-electron chi connectivity index (χ0n) is 10.2. The predicted octanol–water partition coefficient (Wildman–Crippen LogP) is 2.21. The van der Waals surface area contributed by atoms with Gasteiger partial charge in [-0.25, -0.2) is 0 Å². The number of carbonyl (C=O) groups is 1. The SMILES string of the molecule is C=CCNC(=O)c1cc(NCCCC)ccn1. The van der Waals surface area contributed by atoms with E-state index in [2.05, 4.69) is 29.1 Å². The number of unbranched alkanes of at least 4 members (excludes halogenated alkanes) is 1. The summed E-state index contributed by atoms with van der Waals surface area (Å²) in [4.78, 5) is 15.7. The highest BCUT2D eigenvalue weighted by molar-refractivity contribution is 5.93. The molecule has 4 heteroatoms. The molecule has 0 aliphatic rings. The van der Waals surface area contributed by atoms with E-state index in [0.29, 0.717) is 12.2 Å². The average molecular weight is 233 g/mol. The number of nitrogens with zero attached hydrogens (tertiary/aromatic N) is 1. The Morgan fingerprint density at radius 1 is 1.59 bits per heavy atom. The van der Waals surface area contributed by atoms with Crippen molar-refractivity contribution in [2.45, 2.75) is 19.8 Å². The first-order chi connectivity index (χ1) is 8.27. The van der Waals surface area contributed by atoms with Crippen molar-refractivity contribution in [1.82, 2.24) is 10.3 Å². The van der Waals surface area contributed by atoms with Crippen LogP contribution < -0.4 is 10.6 Å². The highest BCUT2D eigenvalue weighted by Crippen LogP contribution is 2.08. The number of hydrogen-bond acceptors (Lipinski definition) is 3. The number of hydrogen-bond donors (Lipinski definition) is 2. The van der Waals surface area contributed by atoms with Crippen LogP contribution in [0.15, 0.2) is 31.0 Å². The van der Waals surface area contributed by atoms with Gasteiger partial charge in [0.2, 0.25) is 0 Å². The van der Waals surface area contributed by atoms with Gasteiger partial charge in [0.25, 0.3) is 5.91 Å². The van der Waals surface area contributed by atoms with E-state index in [4.69, 9.17) is 0 Å². The first-order valence-electron chi connectivity index (χ1n) is 5.87. The number of carbonyl (C=O) groups excluding carboxylic acids is 1. The second-order valence-electron chi connectivity index (χ2n) is 3.71. The molecular weight excluding hydrogens is 214 g/mol. The molecule has 1 rings (SSSR count). The fraction of sp³-hybridized carbons (Fsp3) is 0.385. The lowest BCUT2D eigenvalue weighted by Gasteiger charge is -2.07. The van der Waals surface area contributed by atoms with E-state index in [-0.39, 0.29) is 5.91 Å². The minimum Gasteiger partial charge on any atom is -0.385 e. The molecule has 0 saturated heterocycles. The van der Waals surface area contributed by atoms with Crippen LogP contribution in [-0.4, -0.2) is 24.0 Å². The number of rotatable bonds is 7. The molecule has 0 fully saturated rings. The third-order valence-electron chi connectivity index (χ3n) is 2.26. The fourth-order valence-electron chi connectivity index (χ4n) is 1.33. The average Bonchev–Trinajstić information content (AvgIpc) is 2.36. The Morgan fingerprint density at radius 2 is 2.41 bits per heavy atom. The maximum absolute atomic E-state index is 11.6. The molecule has 1 amide bonds. The number of pyridine rings is 1. The van der Waals surface area contributed by atoms with Crippen LogP contribution in [0.4, 0.5) is 5.69 Å². The summed E-state index contributed by atoms with van der Waals surface area (Å²) in [6.07, 6.45) is 5.53. The van der Waals surface area contributed by atoms with E-state index in [9.17, 15) is 4.79 Å². The van der Waals surface area contributed by atoms with Crippen LogP contribution in [0.3, 0.4) is 0 Å². The van der Waals surface area contributed by atoms with Crippen LogP contribution in [0, 0.1) is 0 Å². The summed E-state index contributed by atoms with van der Waals surface area (Å²) in [5, 5.41) is 5.95. The maximum Gasteiger partial charge on any atom is 0.270 e. The van der Waals surface area contributed by atoms with Crippen molar-refractivity contribution >= 4 is 11.6 Å². The second-order valence-corrected chi connectivity index (χ2v) is 3.71. The number of nitrogens with one attached hydrogen (secondary N) is 2. The number of aromatic nitrogens is 1. The first-order valence-corrected chi connectivity index (χ1v) is 5.87. The van der Waals surface area contributed by atoms with Crippen LogP contribution in [0.2, 0.25) is 0 Å². The second kappa shape index (κ2) is 7.44. The molecule has 2 N–H and O–H groups in total. The largest absolute Gasteiger partial charge is 0.385 e. The smallest absolute Gasteiger partial charge is 0.270 e. The van der Waals surface area contributed by atoms with Gasteiger partial charge in [0.15, 0.2) is 0 Å². The Kier molecular flexibility index (Phi) is 5.79. The minimum atomic E-state index is -0.177. The zero-order chi connectivity index (χ0) is 12.5. The third-order valence-corrected chi connectivity index (χ3v) is 2.26. The monoisotopic (exact) mass is 233 g/mol. The summed E-state index contributed by atoms with van der Waals surface area (Å²) in [5.41, 5.74) is 1.35. The molecule has 92 valence electrons. The normalized spacial score (nSPS) is 9.71. The summed E-state index contributed by atoms with van der Waals surface area (Å²) in [6, 6.07) is 3.62. The van der Waals surface area contributed by atoms with Gasteiger partial charge in [0.1, 0.15) is 5.69 Å². The third kappa shape index (κ3) is 4.68. The van der Waals surface area contributed by atoms with Gasteiger partial charge in [0.05, 0.1) is 0 Å². The quantitative estimate of drug-likeness (QED) is 0.561. The molecular formula is C13H19N3O. The van der Waals surface area contributed by atoms with Gasteiger partial charge < -0.3 is 10.6 Å². The Hall–Kier alpha value is -1.84. The molecule has 0 aliphatic carbocycles. The molecule has 4 nitrogen and oxygen atoms in total. The van der Waals surface area contributed by atoms with E-state index >= 15 is 0 Å². The lowest BCUT2D eigenvalue weighted by molar-refractivity contribution is 0.0953. The van der Waals surface area contributed by atoms with Crippen LogP contribution in [0.5, 0.6) is 0 Å². The molecule has 1 heterocycles. The van der Waals surface area contributed by atoms with Crippen molar-refractivity contribution < 1.29 is 4.79 Å². The molecule has 0 aliphatic heterocycles. The molecule has 0 radical (unpaired) electrons. The highest BCUT2D eigenvalue weighted by atomic mass is 16.1. The molecule has 0 unspecified atom stereocenters. The molecule has 0 saturated carbocycles. The van der Waals surface area contributed by atoms with Gasteiger partial charge >= 0.3 is 0 Å². The van der Waals surface area contributed by atoms with Gasteiger partial charge in [-0.1, -0.05) is 19.4 Å². The van der Waals surface area contributed by atoms with Crippen molar-refractivity contribution in [3.05, 3.63) is 36.7 Å². The van der Waals surface area contributed by atoms with Crippen molar-refractivity contribution in [3.63, 3.8) is 0 Å². The maximum atomic E-state index is 11.6. The van der Waals surface area contributed by atoms with Crippen LogP contribution in [-0.2, 0) is 0 Å². The van der Waals surface area contributed by atoms with Gasteiger partial charge in [0, 0.05) is 25.0 Å². The minimum absolute atomic E-state index is 0.177. The lowest BCUT2D eigenvalue weighted by Crippen LogP contribution is -2.24. The van der Waals surface area contributed by atoms with E-state index in [1.54, 1.807) is 18.3 Å². The van der Waals surface area contributed by atoms with Gasteiger partial charge in [-0.2, -0.15) is 0 Å². The molecule has 0 bridgehead atoms. The Balaban J connectivity index is 2.58. The van der Waals surface area contributed by atoms with E-state index in [0.717, 1.165) is 25.1 Å². The van der Waals surface area contributed by atoms with Crippen molar-refractivity contribution in [3.8, 4) is 0 Å². The Morgan fingerprint density at radius 3 is 3.12 bits per heavy atom.